The summed E-state index contributed by atoms with van der Waals surface area (Å²) in [5.74, 6) is -2.18. The van der Waals surface area contributed by atoms with Crippen LogP contribution in [0.3, 0.4) is 0 Å². The van der Waals surface area contributed by atoms with E-state index in [1.807, 2.05) is 0 Å². The van der Waals surface area contributed by atoms with Crippen molar-refractivity contribution in [1.82, 2.24) is 5.32 Å². The van der Waals surface area contributed by atoms with Gasteiger partial charge >= 0.3 is 0 Å². The molecule has 1 fully saturated rings. The summed E-state index contributed by atoms with van der Waals surface area (Å²) in [6.45, 7) is 0.350. The third-order valence-electron chi connectivity index (χ3n) is 4.16. The minimum atomic E-state index is -0.575. The van der Waals surface area contributed by atoms with Gasteiger partial charge in [-0.25, -0.2) is 8.78 Å². The third kappa shape index (κ3) is 3.97. The van der Waals surface area contributed by atoms with Crippen molar-refractivity contribution in [3.8, 4) is 0 Å². The quantitative estimate of drug-likeness (QED) is 0.847. The number of amides is 2. The number of halogens is 4. The second-order valence-electron chi connectivity index (χ2n) is 5.97. The summed E-state index contributed by atoms with van der Waals surface area (Å²) in [6, 6.07) is 8.16. The van der Waals surface area contributed by atoms with Crippen molar-refractivity contribution in [2.45, 2.75) is 13.0 Å². The molecule has 1 saturated heterocycles. The Kier molecular flexibility index (Phi) is 5.44. The molecule has 1 N–H and O–H groups in total. The van der Waals surface area contributed by atoms with E-state index >= 15 is 0 Å². The van der Waals surface area contributed by atoms with Gasteiger partial charge in [-0.05, 0) is 35.9 Å². The Morgan fingerprint density at radius 3 is 2.42 bits per heavy atom. The van der Waals surface area contributed by atoms with Crippen LogP contribution in [0.25, 0.3) is 0 Å². The summed E-state index contributed by atoms with van der Waals surface area (Å²) in [7, 11) is 0. The van der Waals surface area contributed by atoms with E-state index in [1.165, 1.54) is 41.3 Å². The standard InChI is InChI=1S/C18H14Cl2F2N2O2/c19-13-5-10(1-3-15(13)21)8-23-18(26)11-6-17(25)24(9-11)12-2-4-16(22)14(20)7-12/h1-5,7,11H,6,8-9H2,(H,23,26)/t11-/m1/s1. The highest BCUT2D eigenvalue weighted by atomic mass is 35.5. The number of rotatable bonds is 4. The van der Waals surface area contributed by atoms with Gasteiger partial charge in [0.05, 0.1) is 16.0 Å². The lowest BCUT2D eigenvalue weighted by atomic mass is 10.1. The van der Waals surface area contributed by atoms with E-state index in [-0.39, 0.29) is 41.4 Å². The zero-order valence-electron chi connectivity index (χ0n) is 13.4. The summed E-state index contributed by atoms with van der Waals surface area (Å²) in [4.78, 5) is 25.9. The first-order chi connectivity index (χ1) is 12.3. The van der Waals surface area contributed by atoms with Gasteiger partial charge in [-0.1, -0.05) is 29.3 Å². The summed E-state index contributed by atoms with van der Waals surface area (Å²) >= 11 is 11.5. The Balaban J connectivity index is 1.63. The van der Waals surface area contributed by atoms with E-state index in [2.05, 4.69) is 5.32 Å². The van der Waals surface area contributed by atoms with Crippen molar-refractivity contribution in [3.63, 3.8) is 0 Å². The minimum Gasteiger partial charge on any atom is -0.352 e. The van der Waals surface area contributed by atoms with Gasteiger partial charge in [-0.2, -0.15) is 0 Å². The van der Waals surface area contributed by atoms with Crippen LogP contribution in [0.2, 0.25) is 10.0 Å². The number of hydrogen-bond donors (Lipinski definition) is 1. The predicted octanol–water partition coefficient (Wildman–Crippen LogP) is 3.94. The zero-order chi connectivity index (χ0) is 18.8. The van der Waals surface area contributed by atoms with Crippen molar-refractivity contribution >= 4 is 40.7 Å². The molecule has 4 nitrogen and oxygen atoms in total. The highest BCUT2D eigenvalue weighted by Crippen LogP contribution is 2.28. The van der Waals surface area contributed by atoms with Crippen LogP contribution in [-0.4, -0.2) is 18.4 Å². The molecule has 136 valence electrons. The molecule has 0 spiro atoms. The van der Waals surface area contributed by atoms with E-state index in [4.69, 9.17) is 23.2 Å². The first-order valence-corrected chi connectivity index (χ1v) is 8.58. The molecule has 1 aliphatic rings. The van der Waals surface area contributed by atoms with Crippen LogP contribution < -0.4 is 10.2 Å². The summed E-state index contributed by atoms with van der Waals surface area (Å²) in [5, 5.41) is 2.61. The molecule has 2 aromatic rings. The van der Waals surface area contributed by atoms with Crippen LogP contribution in [-0.2, 0) is 16.1 Å². The first-order valence-electron chi connectivity index (χ1n) is 7.82. The molecule has 0 bridgehead atoms. The van der Waals surface area contributed by atoms with E-state index in [0.717, 1.165) is 0 Å². The highest BCUT2D eigenvalue weighted by Gasteiger charge is 2.35. The maximum atomic E-state index is 13.3. The SMILES string of the molecule is O=C(NCc1ccc(F)c(Cl)c1)[C@@H]1CC(=O)N(c2ccc(F)c(Cl)c2)C1. The molecule has 0 aromatic heterocycles. The molecule has 0 radical (unpaired) electrons. The second-order valence-corrected chi connectivity index (χ2v) is 6.78. The number of nitrogens with zero attached hydrogens (tertiary/aromatic N) is 1. The molecule has 26 heavy (non-hydrogen) atoms. The van der Waals surface area contributed by atoms with Crippen molar-refractivity contribution in [2.75, 3.05) is 11.4 Å². The van der Waals surface area contributed by atoms with Gasteiger partial charge in [0.1, 0.15) is 11.6 Å². The molecule has 0 saturated carbocycles. The molecule has 8 heteroatoms. The molecular weight excluding hydrogens is 385 g/mol. The summed E-state index contributed by atoms with van der Waals surface area (Å²) in [5.41, 5.74) is 1.10. The molecule has 3 rings (SSSR count). The maximum Gasteiger partial charge on any atom is 0.227 e. The van der Waals surface area contributed by atoms with Crippen LogP contribution in [0.15, 0.2) is 36.4 Å². The van der Waals surface area contributed by atoms with Crippen molar-refractivity contribution < 1.29 is 18.4 Å². The van der Waals surface area contributed by atoms with Gasteiger partial charge in [0.25, 0.3) is 0 Å². The number of hydrogen-bond acceptors (Lipinski definition) is 2. The zero-order valence-corrected chi connectivity index (χ0v) is 15.0. The van der Waals surface area contributed by atoms with E-state index in [0.29, 0.717) is 11.3 Å². The molecule has 0 aliphatic carbocycles. The van der Waals surface area contributed by atoms with Crippen molar-refractivity contribution in [2.24, 2.45) is 5.92 Å². The fourth-order valence-electron chi connectivity index (χ4n) is 2.77. The average Bonchev–Trinajstić information content (AvgIpc) is 3.00. The number of benzene rings is 2. The van der Waals surface area contributed by atoms with Crippen molar-refractivity contribution in [3.05, 3.63) is 63.6 Å². The number of carbonyl (C=O) groups is 2. The Hall–Kier alpha value is -2.18. The molecule has 2 aromatic carbocycles. The third-order valence-corrected chi connectivity index (χ3v) is 4.74. The summed E-state index contributed by atoms with van der Waals surface area (Å²) < 4.78 is 26.4. The number of carbonyl (C=O) groups excluding carboxylic acids is 2. The lowest BCUT2D eigenvalue weighted by molar-refractivity contribution is -0.126. The van der Waals surface area contributed by atoms with E-state index in [1.54, 1.807) is 0 Å². The minimum absolute atomic E-state index is 0.0212. The first kappa shape index (κ1) is 18.6. The number of nitrogens with one attached hydrogen (secondary N) is 1. The van der Waals surface area contributed by atoms with Gasteiger partial charge < -0.3 is 10.2 Å². The number of anilines is 1. The van der Waals surface area contributed by atoms with Gasteiger partial charge in [-0.15, -0.1) is 0 Å². The van der Waals surface area contributed by atoms with E-state index in [9.17, 15) is 18.4 Å². The Labute approximate surface area is 158 Å². The van der Waals surface area contributed by atoms with Crippen molar-refractivity contribution in [1.29, 1.82) is 0 Å². The normalized spacial score (nSPS) is 16.8. The van der Waals surface area contributed by atoms with Crippen LogP contribution in [0.1, 0.15) is 12.0 Å². The molecular formula is C18H14Cl2F2N2O2. The topological polar surface area (TPSA) is 49.4 Å². The Morgan fingerprint density at radius 2 is 1.77 bits per heavy atom. The average molecular weight is 399 g/mol. The summed E-state index contributed by atoms with van der Waals surface area (Å²) in [6.07, 6.45) is 0.0466. The highest BCUT2D eigenvalue weighted by molar-refractivity contribution is 6.31. The Morgan fingerprint density at radius 1 is 1.12 bits per heavy atom. The van der Waals surface area contributed by atoms with Crippen LogP contribution >= 0.6 is 23.2 Å². The molecule has 2 amide bonds. The predicted molar refractivity (Wildman–Crippen MR) is 95.1 cm³/mol. The fraction of sp³-hybridized carbons (Fsp3) is 0.222. The fourth-order valence-corrected chi connectivity index (χ4v) is 3.15. The monoisotopic (exact) mass is 398 g/mol. The molecule has 1 atom stereocenters. The largest absolute Gasteiger partial charge is 0.352 e. The van der Waals surface area contributed by atoms with Gasteiger partial charge in [0.15, 0.2) is 0 Å². The molecule has 0 unspecified atom stereocenters. The molecule has 1 heterocycles. The lowest BCUT2D eigenvalue weighted by Crippen LogP contribution is -2.32. The maximum absolute atomic E-state index is 13.3. The van der Waals surface area contributed by atoms with Crippen LogP contribution in [0, 0.1) is 17.6 Å². The lowest BCUT2D eigenvalue weighted by Gasteiger charge is -2.17. The van der Waals surface area contributed by atoms with E-state index < -0.39 is 17.6 Å². The Bertz CT molecular complexity index is 876. The van der Waals surface area contributed by atoms with Crippen LogP contribution in [0.5, 0.6) is 0 Å². The second kappa shape index (κ2) is 7.60. The smallest absolute Gasteiger partial charge is 0.227 e. The van der Waals surface area contributed by atoms with Crippen LogP contribution in [0.4, 0.5) is 14.5 Å². The van der Waals surface area contributed by atoms with Gasteiger partial charge in [0, 0.05) is 25.2 Å². The van der Waals surface area contributed by atoms with Gasteiger partial charge in [0.2, 0.25) is 11.8 Å². The molecule has 1 aliphatic heterocycles. The van der Waals surface area contributed by atoms with Gasteiger partial charge in [-0.3, -0.25) is 9.59 Å².